The van der Waals surface area contributed by atoms with Crippen LogP contribution in [-0.4, -0.2) is 26.0 Å². The van der Waals surface area contributed by atoms with E-state index in [1.807, 2.05) is 6.07 Å². The van der Waals surface area contributed by atoms with Crippen molar-refractivity contribution in [3.63, 3.8) is 0 Å². The summed E-state index contributed by atoms with van der Waals surface area (Å²) in [6, 6.07) is 10.6. The van der Waals surface area contributed by atoms with E-state index in [9.17, 15) is 9.59 Å². The first kappa shape index (κ1) is 18.5. The molecule has 2 aromatic rings. The molecule has 0 bridgehead atoms. The third-order valence-corrected chi connectivity index (χ3v) is 5.93. The number of methoxy groups -OCH3 is 2. The predicted molar refractivity (Wildman–Crippen MR) is 105 cm³/mol. The van der Waals surface area contributed by atoms with Crippen molar-refractivity contribution in [3.8, 4) is 11.5 Å². The van der Waals surface area contributed by atoms with Gasteiger partial charge >= 0.3 is 0 Å². The summed E-state index contributed by atoms with van der Waals surface area (Å²) < 4.78 is 11.9. The third kappa shape index (κ3) is 3.22. The van der Waals surface area contributed by atoms with Gasteiger partial charge in [-0.25, -0.2) is 5.01 Å². The van der Waals surface area contributed by atoms with Crippen LogP contribution in [0.5, 0.6) is 11.5 Å². The molecular weight excluding hydrogens is 468 g/mol. The standard InChI is InChI=1S/C18H14Br2N2O4/c1-25-13-9-10(14(19)15(20)16(13)26-2)8-12-17(23)21-22(18(12)24)11-6-4-3-5-7-11/h3-9H,1-2H3,(H,21,23). The van der Waals surface area contributed by atoms with Crippen LogP contribution in [0.25, 0.3) is 6.08 Å². The number of amides is 2. The number of hydrazine groups is 1. The molecule has 0 aliphatic carbocycles. The second-order valence-electron chi connectivity index (χ2n) is 5.30. The highest BCUT2D eigenvalue weighted by Crippen LogP contribution is 2.43. The summed E-state index contributed by atoms with van der Waals surface area (Å²) in [6.45, 7) is 0. The van der Waals surface area contributed by atoms with Crippen molar-refractivity contribution in [2.45, 2.75) is 0 Å². The first-order valence-corrected chi connectivity index (χ1v) is 9.08. The fraction of sp³-hybridized carbons (Fsp3) is 0.111. The molecule has 0 aromatic heterocycles. The molecule has 0 radical (unpaired) electrons. The normalized spacial score (nSPS) is 15.4. The number of halogens is 2. The van der Waals surface area contributed by atoms with Gasteiger partial charge in [0.05, 0.1) is 24.4 Å². The lowest BCUT2D eigenvalue weighted by Gasteiger charge is -2.14. The molecule has 1 N–H and O–H groups in total. The maximum Gasteiger partial charge on any atom is 0.282 e. The number of hydrogen-bond acceptors (Lipinski definition) is 4. The molecule has 1 fully saturated rings. The van der Waals surface area contributed by atoms with Crippen LogP contribution in [0.1, 0.15) is 5.56 Å². The van der Waals surface area contributed by atoms with Gasteiger partial charge in [-0.2, -0.15) is 0 Å². The number of para-hydroxylation sites is 1. The van der Waals surface area contributed by atoms with E-state index >= 15 is 0 Å². The SMILES string of the molecule is COc1cc(C=C2C(=O)NN(c3ccccc3)C2=O)c(Br)c(Br)c1OC. The number of carbonyl (C=O) groups excluding carboxylic acids is 2. The fourth-order valence-electron chi connectivity index (χ4n) is 2.52. The minimum absolute atomic E-state index is 0.0219. The van der Waals surface area contributed by atoms with E-state index in [2.05, 4.69) is 37.3 Å². The molecule has 1 saturated heterocycles. The number of benzene rings is 2. The number of hydrogen-bond donors (Lipinski definition) is 1. The number of ether oxygens (including phenoxy) is 2. The molecule has 1 aliphatic rings. The maximum absolute atomic E-state index is 12.7. The minimum Gasteiger partial charge on any atom is -0.493 e. The molecule has 1 aliphatic heterocycles. The molecule has 2 amide bonds. The minimum atomic E-state index is -0.475. The van der Waals surface area contributed by atoms with E-state index in [4.69, 9.17) is 9.47 Å². The second-order valence-corrected chi connectivity index (χ2v) is 6.89. The van der Waals surface area contributed by atoms with Crippen molar-refractivity contribution < 1.29 is 19.1 Å². The lowest BCUT2D eigenvalue weighted by Crippen LogP contribution is -2.35. The molecule has 0 spiro atoms. The maximum atomic E-state index is 12.7. The summed E-state index contributed by atoms with van der Waals surface area (Å²) >= 11 is 6.89. The molecule has 1 heterocycles. The smallest absolute Gasteiger partial charge is 0.282 e. The van der Waals surface area contributed by atoms with Crippen molar-refractivity contribution in [1.82, 2.24) is 5.43 Å². The molecule has 6 nitrogen and oxygen atoms in total. The highest BCUT2D eigenvalue weighted by Gasteiger charge is 2.34. The molecule has 134 valence electrons. The molecule has 8 heteroatoms. The van der Waals surface area contributed by atoms with Gasteiger partial charge in [-0.1, -0.05) is 18.2 Å². The van der Waals surface area contributed by atoms with Gasteiger partial charge in [-0.15, -0.1) is 0 Å². The summed E-state index contributed by atoms with van der Waals surface area (Å²) in [5, 5.41) is 1.22. The Morgan fingerprint density at radius 1 is 1.04 bits per heavy atom. The van der Waals surface area contributed by atoms with Crippen LogP contribution in [0.15, 0.2) is 50.9 Å². The summed E-state index contributed by atoms with van der Waals surface area (Å²) in [6.07, 6.45) is 1.51. The number of anilines is 1. The van der Waals surface area contributed by atoms with Crippen molar-refractivity contribution in [2.75, 3.05) is 19.2 Å². The van der Waals surface area contributed by atoms with Crippen molar-refractivity contribution in [2.24, 2.45) is 0 Å². The largest absolute Gasteiger partial charge is 0.493 e. The van der Waals surface area contributed by atoms with Gasteiger partial charge in [-0.3, -0.25) is 15.0 Å². The number of nitrogens with one attached hydrogen (secondary N) is 1. The van der Waals surface area contributed by atoms with Crippen LogP contribution in [0.4, 0.5) is 5.69 Å². The number of nitrogens with zero attached hydrogens (tertiary/aromatic N) is 1. The summed E-state index contributed by atoms with van der Waals surface area (Å²) in [4.78, 5) is 25.0. The van der Waals surface area contributed by atoms with E-state index in [0.717, 1.165) is 0 Å². The quantitative estimate of drug-likeness (QED) is 0.534. The Kier molecular flexibility index (Phi) is 5.33. The van der Waals surface area contributed by atoms with E-state index in [-0.39, 0.29) is 5.57 Å². The monoisotopic (exact) mass is 480 g/mol. The Hall–Kier alpha value is -2.32. The molecule has 0 atom stereocenters. The van der Waals surface area contributed by atoms with Crippen LogP contribution >= 0.6 is 31.9 Å². The van der Waals surface area contributed by atoms with Crippen LogP contribution in [0.3, 0.4) is 0 Å². The zero-order valence-electron chi connectivity index (χ0n) is 13.9. The average molecular weight is 482 g/mol. The zero-order valence-corrected chi connectivity index (χ0v) is 17.0. The first-order valence-electron chi connectivity index (χ1n) is 7.50. The number of rotatable bonds is 4. The second kappa shape index (κ2) is 7.51. The highest BCUT2D eigenvalue weighted by atomic mass is 79.9. The van der Waals surface area contributed by atoms with Crippen LogP contribution in [0.2, 0.25) is 0 Å². The topological polar surface area (TPSA) is 67.9 Å². The van der Waals surface area contributed by atoms with Gasteiger partial charge in [0.2, 0.25) is 0 Å². The fourth-order valence-corrected chi connectivity index (χ4v) is 3.52. The Bertz CT molecular complexity index is 913. The van der Waals surface area contributed by atoms with Crippen molar-refractivity contribution >= 4 is 55.4 Å². The molecule has 26 heavy (non-hydrogen) atoms. The summed E-state index contributed by atoms with van der Waals surface area (Å²) in [5.41, 5.74) is 3.78. The van der Waals surface area contributed by atoms with E-state index in [1.165, 1.54) is 25.3 Å². The van der Waals surface area contributed by atoms with Crippen LogP contribution < -0.4 is 19.9 Å². The molecule has 0 saturated carbocycles. The van der Waals surface area contributed by atoms with Crippen molar-refractivity contribution in [3.05, 3.63) is 56.5 Å². The van der Waals surface area contributed by atoms with Gasteiger partial charge in [0.25, 0.3) is 11.8 Å². The summed E-state index contributed by atoms with van der Waals surface area (Å²) in [7, 11) is 3.04. The van der Waals surface area contributed by atoms with Crippen LogP contribution in [-0.2, 0) is 9.59 Å². The van der Waals surface area contributed by atoms with Gasteiger partial charge in [0.15, 0.2) is 11.5 Å². The molecule has 3 rings (SSSR count). The zero-order chi connectivity index (χ0) is 18.8. The predicted octanol–water partition coefficient (Wildman–Crippen LogP) is 3.69. The van der Waals surface area contributed by atoms with Crippen molar-refractivity contribution in [1.29, 1.82) is 0 Å². The van der Waals surface area contributed by atoms with E-state index in [0.29, 0.717) is 31.7 Å². The first-order chi connectivity index (χ1) is 12.5. The Balaban J connectivity index is 2.04. The molecule has 2 aromatic carbocycles. The third-order valence-electron chi connectivity index (χ3n) is 3.79. The highest BCUT2D eigenvalue weighted by molar-refractivity contribution is 9.13. The number of carbonyl (C=O) groups is 2. The van der Waals surface area contributed by atoms with Crippen LogP contribution in [0, 0.1) is 0 Å². The van der Waals surface area contributed by atoms with Gasteiger partial charge in [0.1, 0.15) is 5.57 Å². The average Bonchev–Trinajstić information content (AvgIpc) is 2.94. The Morgan fingerprint density at radius 2 is 1.73 bits per heavy atom. The van der Waals surface area contributed by atoms with E-state index < -0.39 is 11.8 Å². The van der Waals surface area contributed by atoms with Gasteiger partial charge < -0.3 is 9.47 Å². The Morgan fingerprint density at radius 3 is 2.35 bits per heavy atom. The lowest BCUT2D eigenvalue weighted by atomic mass is 10.1. The molecule has 0 unspecified atom stereocenters. The van der Waals surface area contributed by atoms with E-state index in [1.54, 1.807) is 30.3 Å². The van der Waals surface area contributed by atoms with Gasteiger partial charge in [-0.05, 0) is 61.7 Å². The Labute approximate surface area is 167 Å². The summed E-state index contributed by atoms with van der Waals surface area (Å²) in [5.74, 6) is 0.0745. The lowest BCUT2D eigenvalue weighted by molar-refractivity contribution is -0.117. The van der Waals surface area contributed by atoms with Gasteiger partial charge in [0, 0.05) is 4.47 Å². The molecular formula is C18H14Br2N2O4.